The molecule has 10 heterocycles. The van der Waals surface area contributed by atoms with Gasteiger partial charge >= 0.3 is 12.2 Å². The number of nitrogens with one attached hydrogen (secondary N) is 1. The van der Waals surface area contributed by atoms with Crippen molar-refractivity contribution in [3.8, 4) is 0 Å². The zero-order valence-electron chi connectivity index (χ0n) is 53.4. The summed E-state index contributed by atoms with van der Waals surface area (Å²) in [5.74, 6) is 1.10. The van der Waals surface area contributed by atoms with Crippen LogP contribution in [-0.2, 0) is 9.47 Å². The number of piperazine rings is 2. The summed E-state index contributed by atoms with van der Waals surface area (Å²) in [6.07, 6.45) is 18.3. The van der Waals surface area contributed by atoms with Gasteiger partial charge in [0.2, 0.25) is 11.2 Å². The Kier molecular flexibility index (Phi) is 18.5. The van der Waals surface area contributed by atoms with E-state index in [4.69, 9.17) is 31.8 Å². The standard InChI is InChI=1S/C32H42N8O4.C18H26N4O3.C14H17ClN4O/c1-19-13-26(33-16-24(19)28(41)38-17-22-11-12-23(18-38)39(22)31(43)44-32(2,3)4)35-30-34-15-20-14-25(29(42)37(5)6)40(27(20)36-30)21-9-7-8-10-21;1-11-7-15(19)20-8-14(11)16(23)21-9-12-5-6-13(10-21)22(12)17(24)25-18(2,3)4;1-18(2)13(20)11-7-9-8-16-14(15)17-12(9)19(11)10-5-3-4-6-10/h13-16,21-23H,7-12,17-18H2,1-6H3,(H,33,34,35,36);7-8,12-13H,5-6,9-10H2,1-4H3,(H2,19,20);7-8,10H,3-6H2,1-2H3. The number of hydrogen-bond donors (Lipinski definition) is 2. The minimum Gasteiger partial charge on any atom is -0.444 e. The van der Waals surface area contributed by atoms with Gasteiger partial charge in [0.25, 0.3) is 23.6 Å². The number of rotatable bonds is 8. The molecule has 4 atom stereocenters. The van der Waals surface area contributed by atoms with Gasteiger partial charge in [-0.1, -0.05) is 25.7 Å². The third-order valence-corrected chi connectivity index (χ3v) is 17.6. The number of nitrogens with zero attached hydrogens (tertiary/aromatic N) is 14. The van der Waals surface area contributed by atoms with Gasteiger partial charge in [-0.2, -0.15) is 9.97 Å². The molecule has 6 aromatic rings. The molecule has 89 heavy (non-hydrogen) atoms. The van der Waals surface area contributed by atoms with Crippen molar-refractivity contribution in [1.29, 1.82) is 0 Å². The first kappa shape index (κ1) is 63.9. The maximum absolute atomic E-state index is 13.6. The van der Waals surface area contributed by atoms with Crippen LogP contribution in [0.25, 0.3) is 22.1 Å². The van der Waals surface area contributed by atoms with Crippen molar-refractivity contribution in [2.45, 2.75) is 180 Å². The lowest BCUT2D eigenvalue weighted by Gasteiger charge is -2.41. The van der Waals surface area contributed by atoms with Crippen molar-refractivity contribution in [1.82, 2.24) is 68.4 Å². The van der Waals surface area contributed by atoms with Crippen LogP contribution >= 0.6 is 11.6 Å². The number of likely N-dealkylation sites (tertiary alicyclic amines) is 2. The number of ether oxygens (including phenoxy) is 2. The van der Waals surface area contributed by atoms with Crippen molar-refractivity contribution in [3.63, 3.8) is 0 Å². The second-order valence-electron chi connectivity index (χ2n) is 26.9. The summed E-state index contributed by atoms with van der Waals surface area (Å²) in [7, 11) is 7.04. The fourth-order valence-electron chi connectivity index (χ4n) is 13.4. The molecule has 6 amide bonds. The Morgan fingerprint density at radius 2 is 0.944 bits per heavy atom. The third-order valence-electron chi connectivity index (χ3n) is 17.4. The number of nitrogen functional groups attached to an aromatic ring is 1. The van der Waals surface area contributed by atoms with E-state index in [0.717, 1.165) is 97.4 Å². The number of anilines is 3. The van der Waals surface area contributed by atoms with E-state index < -0.39 is 11.2 Å². The number of hydrogen-bond acceptors (Lipinski definition) is 16. The Morgan fingerprint density at radius 3 is 1.35 bits per heavy atom. The summed E-state index contributed by atoms with van der Waals surface area (Å²) in [5, 5.41) is 5.10. The van der Waals surface area contributed by atoms with Crippen LogP contribution in [-0.4, -0.2) is 194 Å². The molecule has 25 heteroatoms. The average molecular weight is 1240 g/mol. The quantitative estimate of drug-likeness (QED) is 0.134. The van der Waals surface area contributed by atoms with Crippen LogP contribution < -0.4 is 11.1 Å². The van der Waals surface area contributed by atoms with Crippen LogP contribution in [0.1, 0.15) is 183 Å². The van der Waals surface area contributed by atoms with Gasteiger partial charge in [0.05, 0.1) is 35.3 Å². The topological polar surface area (TPSA) is 266 Å². The molecule has 24 nitrogen and oxygen atoms in total. The first-order valence-electron chi connectivity index (χ1n) is 31.0. The number of carbonyl (C=O) groups excluding carboxylic acids is 6. The molecule has 6 aliphatic rings. The molecular weight excluding hydrogens is 1160 g/mol. The summed E-state index contributed by atoms with van der Waals surface area (Å²) < 4.78 is 15.3. The van der Waals surface area contributed by atoms with Crippen molar-refractivity contribution in [2.75, 3.05) is 65.4 Å². The van der Waals surface area contributed by atoms with Gasteiger partial charge in [-0.25, -0.2) is 29.5 Å². The summed E-state index contributed by atoms with van der Waals surface area (Å²) in [6, 6.07) is 7.75. The van der Waals surface area contributed by atoms with Crippen LogP contribution in [0.3, 0.4) is 0 Å². The maximum atomic E-state index is 13.6. The third kappa shape index (κ3) is 14.0. The number of amides is 6. The highest BCUT2D eigenvalue weighted by molar-refractivity contribution is 6.28. The second kappa shape index (κ2) is 25.8. The van der Waals surface area contributed by atoms with Gasteiger partial charge in [-0.05, 0) is 154 Å². The largest absolute Gasteiger partial charge is 0.444 e. The summed E-state index contributed by atoms with van der Waals surface area (Å²) in [5.41, 5.74) is 10.1. The van der Waals surface area contributed by atoms with E-state index in [0.29, 0.717) is 72.3 Å². The van der Waals surface area contributed by atoms with E-state index in [9.17, 15) is 28.8 Å². The van der Waals surface area contributed by atoms with Gasteiger partial charge in [0.15, 0.2) is 0 Å². The SMILES string of the molecule is CN(C)C(=O)c1cc2cnc(Cl)nc2n1C1CCCC1.Cc1cc(N)ncc1C(=O)N1CC2CCC(C1)N2C(=O)OC(C)(C)C.Cc1cc(Nc2ncc3cc(C(=O)N(C)C)n(C4CCCC4)c3n2)ncc1C(=O)N1CC2CCC(C1)N2C(=O)OC(C)(C)C. The molecule has 4 bridgehead atoms. The molecule has 0 radical (unpaired) electrons. The van der Waals surface area contributed by atoms with Crippen molar-refractivity contribution in [2.24, 2.45) is 0 Å². The number of pyridine rings is 2. The molecule has 4 aliphatic heterocycles. The average Bonchev–Trinajstić information content (AvgIpc) is 1.97. The van der Waals surface area contributed by atoms with E-state index >= 15 is 0 Å². The minimum absolute atomic E-state index is 0.00831. The van der Waals surface area contributed by atoms with E-state index in [1.165, 1.54) is 19.0 Å². The fraction of sp³-hybridized carbons (Fsp3) is 0.562. The molecule has 6 aromatic heterocycles. The Labute approximate surface area is 524 Å². The highest BCUT2D eigenvalue weighted by atomic mass is 35.5. The molecule has 12 rings (SSSR count). The van der Waals surface area contributed by atoms with Crippen LogP contribution in [0, 0.1) is 13.8 Å². The molecule has 2 aliphatic carbocycles. The first-order valence-corrected chi connectivity index (χ1v) is 31.4. The first-order chi connectivity index (χ1) is 42.1. The number of aryl methyl sites for hydroxylation is 2. The van der Waals surface area contributed by atoms with E-state index in [1.807, 2.05) is 93.2 Å². The predicted octanol–water partition coefficient (Wildman–Crippen LogP) is 10.0. The molecule has 476 valence electrons. The van der Waals surface area contributed by atoms with E-state index in [2.05, 4.69) is 39.4 Å². The van der Waals surface area contributed by atoms with Crippen molar-refractivity contribution < 1.29 is 38.2 Å². The number of fused-ring (bicyclic) bond motifs is 6. The summed E-state index contributed by atoms with van der Waals surface area (Å²) in [4.78, 5) is 114. The molecular formula is C64H85ClN16O8. The number of nitrogens with two attached hydrogens (primary N) is 1. The summed E-state index contributed by atoms with van der Waals surface area (Å²) in [6.45, 7) is 16.9. The van der Waals surface area contributed by atoms with E-state index in [1.54, 1.807) is 62.6 Å². The molecule has 4 unspecified atom stereocenters. The Balaban J connectivity index is 0.000000163. The van der Waals surface area contributed by atoms with Crippen molar-refractivity contribution in [3.05, 3.63) is 88.0 Å². The van der Waals surface area contributed by atoms with Gasteiger partial charge < -0.3 is 49.3 Å². The van der Waals surface area contributed by atoms with Gasteiger partial charge in [0, 0.05) is 102 Å². The molecule has 0 aromatic carbocycles. The van der Waals surface area contributed by atoms with Gasteiger partial charge in [-0.15, -0.1) is 0 Å². The van der Waals surface area contributed by atoms with E-state index in [-0.39, 0.29) is 71.3 Å². The lowest BCUT2D eigenvalue weighted by Crippen LogP contribution is -2.58. The molecule has 0 spiro atoms. The maximum Gasteiger partial charge on any atom is 0.410 e. The molecule has 4 saturated heterocycles. The molecule has 2 saturated carbocycles. The zero-order chi connectivity index (χ0) is 64.0. The van der Waals surface area contributed by atoms with Crippen LogP contribution in [0.4, 0.5) is 27.2 Å². The van der Waals surface area contributed by atoms with Gasteiger partial charge in [0.1, 0.15) is 45.5 Å². The normalized spacial score (nSPS) is 20.1. The lowest BCUT2D eigenvalue weighted by molar-refractivity contribution is -0.00388. The number of halogens is 1. The highest BCUT2D eigenvalue weighted by Crippen LogP contribution is 2.38. The van der Waals surface area contributed by atoms with Crippen LogP contribution in [0.5, 0.6) is 0 Å². The lowest BCUT2D eigenvalue weighted by atomic mass is 10.1. The summed E-state index contributed by atoms with van der Waals surface area (Å²) >= 11 is 5.92. The number of aromatic nitrogens is 8. The molecule has 6 fully saturated rings. The minimum atomic E-state index is -0.562. The van der Waals surface area contributed by atoms with Crippen LogP contribution in [0.2, 0.25) is 5.28 Å². The predicted molar refractivity (Wildman–Crippen MR) is 338 cm³/mol. The Bertz CT molecular complexity index is 3640. The fourth-order valence-corrected chi connectivity index (χ4v) is 13.5. The van der Waals surface area contributed by atoms with Crippen LogP contribution in [0.15, 0.2) is 49.1 Å². The second-order valence-corrected chi connectivity index (χ2v) is 27.2. The highest BCUT2D eigenvalue weighted by Gasteiger charge is 2.47. The molecule has 3 N–H and O–H groups in total. The Hall–Kier alpha value is -8.15. The number of carbonyl (C=O) groups is 6. The zero-order valence-corrected chi connectivity index (χ0v) is 54.1. The smallest absolute Gasteiger partial charge is 0.410 e. The monoisotopic (exact) mass is 1240 g/mol. The van der Waals surface area contributed by atoms with Crippen molar-refractivity contribution >= 4 is 87.1 Å². The van der Waals surface area contributed by atoms with Gasteiger partial charge in [-0.3, -0.25) is 29.0 Å². The Morgan fingerprint density at radius 1 is 0.539 bits per heavy atom.